The lowest BCUT2D eigenvalue weighted by atomic mass is 10.2. The van der Waals surface area contributed by atoms with Crippen molar-refractivity contribution in [1.29, 1.82) is 0 Å². The molecule has 0 bridgehead atoms. The third-order valence-corrected chi connectivity index (χ3v) is 6.92. The van der Waals surface area contributed by atoms with Crippen LogP contribution in [0.1, 0.15) is 43.2 Å². The first-order valence-corrected chi connectivity index (χ1v) is 10.6. The fraction of sp³-hybridized carbons (Fsp3) is 0.778. The average molecular weight is 364 g/mol. The highest BCUT2D eigenvalue weighted by atomic mass is 32.1. The molecule has 2 aliphatic heterocycles. The topological polar surface area (TPSA) is 51.7 Å². The molecule has 0 radical (unpaired) electrons. The van der Waals surface area contributed by atoms with Crippen molar-refractivity contribution in [1.82, 2.24) is 20.1 Å². The van der Waals surface area contributed by atoms with E-state index >= 15 is 0 Å². The fourth-order valence-electron chi connectivity index (χ4n) is 4.08. The second-order valence-electron chi connectivity index (χ2n) is 7.39. The van der Waals surface area contributed by atoms with E-state index in [0.29, 0.717) is 6.04 Å². The van der Waals surface area contributed by atoms with Crippen LogP contribution in [0.2, 0.25) is 0 Å². The van der Waals surface area contributed by atoms with E-state index in [9.17, 15) is 4.79 Å². The lowest BCUT2D eigenvalue weighted by molar-refractivity contribution is 0.189. The molecule has 0 atom stereocenters. The predicted molar refractivity (Wildman–Crippen MR) is 101 cm³/mol. The number of carbonyl (C=O) groups is 1. The molecule has 1 saturated carbocycles. The molecule has 2 amide bonds. The van der Waals surface area contributed by atoms with Crippen molar-refractivity contribution in [2.75, 3.05) is 44.2 Å². The van der Waals surface area contributed by atoms with Gasteiger partial charge in [-0.05, 0) is 19.4 Å². The van der Waals surface area contributed by atoms with Crippen LogP contribution in [0, 0.1) is 0 Å². The molecule has 1 aromatic heterocycles. The summed E-state index contributed by atoms with van der Waals surface area (Å²) in [6.07, 6.45) is 5.66. The summed E-state index contributed by atoms with van der Waals surface area (Å²) in [5.74, 6) is 0. The number of hydrogen-bond donors (Lipinski definition) is 1. The van der Waals surface area contributed by atoms with Gasteiger partial charge in [-0.25, -0.2) is 9.78 Å². The summed E-state index contributed by atoms with van der Waals surface area (Å²) >= 11 is 1.79. The van der Waals surface area contributed by atoms with Crippen LogP contribution in [0.3, 0.4) is 0 Å². The Balaban J connectivity index is 1.36. The van der Waals surface area contributed by atoms with E-state index in [-0.39, 0.29) is 6.03 Å². The maximum Gasteiger partial charge on any atom is 0.317 e. The highest BCUT2D eigenvalue weighted by Gasteiger charge is 2.28. The van der Waals surface area contributed by atoms with Gasteiger partial charge in [0.25, 0.3) is 0 Å². The Morgan fingerprint density at radius 1 is 1.20 bits per heavy atom. The number of nitrogens with one attached hydrogen (secondary N) is 1. The summed E-state index contributed by atoms with van der Waals surface area (Å²) in [5.41, 5.74) is 1.21. The average Bonchev–Trinajstić information content (AvgIpc) is 3.30. The van der Waals surface area contributed by atoms with E-state index in [4.69, 9.17) is 4.98 Å². The van der Waals surface area contributed by atoms with Crippen LogP contribution in [0.25, 0.3) is 0 Å². The van der Waals surface area contributed by atoms with E-state index in [0.717, 1.165) is 70.2 Å². The standard InChI is InChI=1S/C18H29N5OS/c1-2-21-9-11-22(12-10-21)18-20-15-7-8-23(13-16(15)25-18)17(24)19-14-5-3-4-6-14/h14H,2-13H2,1H3,(H,19,24). The molecule has 25 heavy (non-hydrogen) atoms. The molecule has 1 aliphatic carbocycles. The number of rotatable bonds is 3. The van der Waals surface area contributed by atoms with Crippen molar-refractivity contribution in [3.05, 3.63) is 10.6 Å². The minimum atomic E-state index is 0.115. The summed E-state index contributed by atoms with van der Waals surface area (Å²) in [4.78, 5) is 25.6. The molecule has 3 heterocycles. The molecule has 2 fully saturated rings. The molecule has 3 aliphatic rings. The summed E-state index contributed by atoms with van der Waals surface area (Å²) in [5, 5.41) is 4.37. The molecule has 0 spiro atoms. The number of amides is 2. The van der Waals surface area contributed by atoms with Crippen LogP contribution < -0.4 is 10.2 Å². The maximum absolute atomic E-state index is 12.5. The first-order chi connectivity index (χ1) is 12.2. The molecular weight excluding hydrogens is 334 g/mol. The van der Waals surface area contributed by atoms with E-state index in [2.05, 4.69) is 22.0 Å². The fourth-order valence-corrected chi connectivity index (χ4v) is 5.26. The number of thiazole rings is 1. The zero-order valence-electron chi connectivity index (χ0n) is 15.2. The SMILES string of the molecule is CCN1CCN(c2nc3c(s2)CN(C(=O)NC2CCCC2)CC3)CC1. The Morgan fingerprint density at radius 2 is 1.96 bits per heavy atom. The number of nitrogens with zero attached hydrogens (tertiary/aromatic N) is 4. The molecular formula is C18H29N5OS. The van der Waals surface area contributed by atoms with Gasteiger partial charge in [-0.15, -0.1) is 0 Å². The number of fused-ring (bicyclic) bond motifs is 1. The highest BCUT2D eigenvalue weighted by Crippen LogP contribution is 2.31. The Labute approximate surface area is 154 Å². The Kier molecular flexibility index (Phi) is 5.12. The molecule has 138 valence electrons. The quantitative estimate of drug-likeness (QED) is 0.895. The first-order valence-electron chi connectivity index (χ1n) is 9.74. The van der Waals surface area contributed by atoms with Gasteiger partial charge in [-0.1, -0.05) is 31.1 Å². The van der Waals surface area contributed by atoms with Gasteiger partial charge < -0.3 is 20.0 Å². The van der Waals surface area contributed by atoms with Crippen molar-refractivity contribution >= 4 is 22.5 Å². The van der Waals surface area contributed by atoms with Crippen LogP contribution in [0.4, 0.5) is 9.93 Å². The smallest absolute Gasteiger partial charge is 0.317 e. The van der Waals surface area contributed by atoms with Crippen LogP contribution >= 0.6 is 11.3 Å². The highest BCUT2D eigenvalue weighted by molar-refractivity contribution is 7.15. The molecule has 4 rings (SSSR count). The molecule has 6 nitrogen and oxygen atoms in total. The van der Waals surface area contributed by atoms with Crippen molar-refractivity contribution in [3.8, 4) is 0 Å². The molecule has 0 aromatic carbocycles. The van der Waals surface area contributed by atoms with Gasteiger partial charge in [0.2, 0.25) is 0 Å². The number of hydrogen-bond acceptors (Lipinski definition) is 5. The summed E-state index contributed by atoms with van der Waals surface area (Å²) < 4.78 is 0. The number of piperazine rings is 1. The predicted octanol–water partition coefficient (Wildman–Crippen LogP) is 2.30. The van der Waals surface area contributed by atoms with Crippen molar-refractivity contribution in [2.24, 2.45) is 0 Å². The summed E-state index contributed by atoms with van der Waals surface area (Å²) in [6, 6.07) is 0.504. The van der Waals surface area contributed by atoms with Crippen molar-refractivity contribution in [2.45, 2.75) is 51.6 Å². The molecule has 7 heteroatoms. The van der Waals surface area contributed by atoms with Crippen molar-refractivity contribution in [3.63, 3.8) is 0 Å². The molecule has 0 unspecified atom stereocenters. The number of aromatic nitrogens is 1. The van der Waals surface area contributed by atoms with E-state index < -0.39 is 0 Å². The number of likely N-dealkylation sites (N-methyl/N-ethyl adjacent to an activating group) is 1. The Hall–Kier alpha value is -1.34. The largest absolute Gasteiger partial charge is 0.346 e. The number of urea groups is 1. The Morgan fingerprint density at radius 3 is 2.68 bits per heavy atom. The molecule has 1 aromatic rings. The molecule has 1 saturated heterocycles. The lowest BCUT2D eigenvalue weighted by Gasteiger charge is -2.33. The second-order valence-corrected chi connectivity index (χ2v) is 8.45. The normalized spacial score (nSPS) is 22.3. The van der Waals surface area contributed by atoms with Crippen LogP contribution in [-0.4, -0.2) is 66.1 Å². The van der Waals surface area contributed by atoms with Gasteiger partial charge in [0.15, 0.2) is 5.13 Å². The van der Waals surface area contributed by atoms with Gasteiger partial charge in [-0.2, -0.15) is 0 Å². The minimum Gasteiger partial charge on any atom is -0.346 e. The van der Waals surface area contributed by atoms with Gasteiger partial charge in [-0.3, -0.25) is 0 Å². The van der Waals surface area contributed by atoms with Crippen molar-refractivity contribution < 1.29 is 4.79 Å². The monoisotopic (exact) mass is 363 g/mol. The minimum absolute atomic E-state index is 0.115. The van der Waals surface area contributed by atoms with E-state index in [1.54, 1.807) is 11.3 Å². The van der Waals surface area contributed by atoms with Gasteiger partial charge >= 0.3 is 6.03 Å². The van der Waals surface area contributed by atoms with Crippen LogP contribution in [0.15, 0.2) is 0 Å². The zero-order valence-corrected chi connectivity index (χ0v) is 16.0. The summed E-state index contributed by atoms with van der Waals surface area (Å²) in [6.45, 7) is 9.24. The van der Waals surface area contributed by atoms with Crippen LogP contribution in [-0.2, 0) is 13.0 Å². The number of carbonyl (C=O) groups excluding carboxylic acids is 1. The lowest BCUT2D eigenvalue weighted by Crippen LogP contribution is -2.46. The van der Waals surface area contributed by atoms with Gasteiger partial charge in [0, 0.05) is 50.1 Å². The first kappa shape index (κ1) is 17.1. The molecule has 1 N–H and O–H groups in total. The third-order valence-electron chi connectivity index (χ3n) is 5.78. The van der Waals surface area contributed by atoms with Crippen LogP contribution in [0.5, 0.6) is 0 Å². The van der Waals surface area contributed by atoms with E-state index in [1.807, 2.05) is 4.90 Å². The van der Waals surface area contributed by atoms with Gasteiger partial charge in [0.1, 0.15) is 0 Å². The number of anilines is 1. The van der Waals surface area contributed by atoms with E-state index in [1.165, 1.54) is 23.4 Å². The second kappa shape index (κ2) is 7.50. The third kappa shape index (κ3) is 3.77. The zero-order chi connectivity index (χ0) is 17.2. The van der Waals surface area contributed by atoms with Gasteiger partial charge in [0.05, 0.1) is 12.2 Å². The maximum atomic E-state index is 12.5. The summed E-state index contributed by atoms with van der Waals surface area (Å²) in [7, 11) is 0. The Bertz CT molecular complexity index is 605.